The molecule has 1 atom stereocenters. The zero-order chi connectivity index (χ0) is 12.1. The molecule has 4 heteroatoms. The third kappa shape index (κ3) is 2.74. The second-order valence-corrected chi connectivity index (χ2v) is 3.74. The van der Waals surface area contributed by atoms with E-state index in [0.29, 0.717) is 5.82 Å². The van der Waals surface area contributed by atoms with Gasteiger partial charge >= 0.3 is 5.97 Å². The van der Waals surface area contributed by atoms with Gasteiger partial charge in [0.25, 0.3) is 0 Å². The van der Waals surface area contributed by atoms with Gasteiger partial charge < -0.3 is 10.4 Å². The van der Waals surface area contributed by atoms with Gasteiger partial charge in [-0.15, -0.1) is 6.42 Å². The Balaban J connectivity index is 2.97. The summed E-state index contributed by atoms with van der Waals surface area (Å²) in [6.45, 7) is 3.92. The van der Waals surface area contributed by atoms with Gasteiger partial charge in [-0.2, -0.15) is 0 Å². The fourth-order valence-corrected chi connectivity index (χ4v) is 1.24. The molecule has 0 fully saturated rings. The van der Waals surface area contributed by atoms with E-state index in [0.717, 1.165) is 0 Å². The summed E-state index contributed by atoms with van der Waals surface area (Å²) in [6.07, 6.45) is 6.89. The molecular weight excluding hydrogens is 204 g/mol. The first-order valence-corrected chi connectivity index (χ1v) is 4.97. The Kier molecular flexibility index (Phi) is 3.90. The summed E-state index contributed by atoms with van der Waals surface area (Å²) in [6, 6.07) is 2.84. The second kappa shape index (κ2) is 5.17. The SMILES string of the molecule is C#CC(Nc1ncccc1C(=O)O)C(C)C. The molecule has 1 heterocycles. The first-order chi connectivity index (χ1) is 7.56. The molecule has 0 saturated carbocycles. The number of nitrogens with one attached hydrogen (secondary N) is 1. The number of aromatic nitrogens is 1. The van der Waals surface area contributed by atoms with Gasteiger partial charge in [-0.1, -0.05) is 19.8 Å². The Hall–Kier alpha value is -2.02. The molecule has 0 aromatic carbocycles. The van der Waals surface area contributed by atoms with Crippen molar-refractivity contribution in [3.05, 3.63) is 23.9 Å². The highest BCUT2D eigenvalue weighted by Crippen LogP contribution is 2.15. The van der Waals surface area contributed by atoms with Gasteiger partial charge in [-0.05, 0) is 18.1 Å². The highest BCUT2D eigenvalue weighted by molar-refractivity contribution is 5.93. The largest absolute Gasteiger partial charge is 0.478 e. The average Bonchev–Trinajstić information content (AvgIpc) is 2.25. The van der Waals surface area contributed by atoms with Crippen LogP contribution in [0.25, 0.3) is 0 Å². The van der Waals surface area contributed by atoms with Crippen molar-refractivity contribution in [1.29, 1.82) is 0 Å². The van der Waals surface area contributed by atoms with Crippen molar-refractivity contribution in [3.63, 3.8) is 0 Å². The third-order valence-corrected chi connectivity index (χ3v) is 2.18. The summed E-state index contributed by atoms with van der Waals surface area (Å²) in [7, 11) is 0. The highest BCUT2D eigenvalue weighted by Gasteiger charge is 2.15. The lowest BCUT2D eigenvalue weighted by molar-refractivity contribution is 0.0697. The Bertz CT molecular complexity index is 421. The minimum absolute atomic E-state index is 0.128. The number of aromatic carboxylic acids is 1. The highest BCUT2D eigenvalue weighted by atomic mass is 16.4. The molecule has 4 nitrogen and oxygen atoms in total. The van der Waals surface area contributed by atoms with Crippen LogP contribution in [-0.4, -0.2) is 22.1 Å². The summed E-state index contributed by atoms with van der Waals surface area (Å²) >= 11 is 0. The number of carboxylic acid groups (broad SMARTS) is 1. The van der Waals surface area contributed by atoms with E-state index in [4.69, 9.17) is 11.5 Å². The molecule has 0 radical (unpaired) electrons. The van der Waals surface area contributed by atoms with Crippen LogP contribution in [-0.2, 0) is 0 Å². The van der Waals surface area contributed by atoms with Gasteiger partial charge in [0, 0.05) is 6.20 Å². The number of hydrogen-bond donors (Lipinski definition) is 2. The number of rotatable bonds is 4. The van der Waals surface area contributed by atoms with E-state index in [9.17, 15) is 4.79 Å². The maximum atomic E-state index is 10.9. The van der Waals surface area contributed by atoms with Crippen molar-refractivity contribution in [3.8, 4) is 12.3 Å². The van der Waals surface area contributed by atoms with Crippen LogP contribution < -0.4 is 5.32 Å². The van der Waals surface area contributed by atoms with Crippen molar-refractivity contribution >= 4 is 11.8 Å². The molecule has 1 unspecified atom stereocenters. The fraction of sp³-hybridized carbons (Fsp3) is 0.333. The van der Waals surface area contributed by atoms with E-state index in [1.54, 1.807) is 6.07 Å². The van der Waals surface area contributed by atoms with Crippen LogP contribution in [0.2, 0.25) is 0 Å². The van der Waals surface area contributed by atoms with Crippen LogP contribution in [0.5, 0.6) is 0 Å². The van der Waals surface area contributed by atoms with Gasteiger partial charge in [-0.25, -0.2) is 9.78 Å². The minimum atomic E-state index is -1.02. The van der Waals surface area contributed by atoms with Crippen molar-refractivity contribution in [2.45, 2.75) is 19.9 Å². The average molecular weight is 218 g/mol. The van der Waals surface area contributed by atoms with Crippen molar-refractivity contribution in [2.75, 3.05) is 5.32 Å². The maximum absolute atomic E-state index is 10.9. The molecule has 2 N–H and O–H groups in total. The molecule has 0 aliphatic heterocycles. The van der Waals surface area contributed by atoms with E-state index >= 15 is 0 Å². The summed E-state index contributed by atoms with van der Waals surface area (Å²) in [5.41, 5.74) is 0.128. The van der Waals surface area contributed by atoms with E-state index in [1.165, 1.54) is 12.3 Å². The van der Waals surface area contributed by atoms with E-state index in [2.05, 4.69) is 16.2 Å². The Labute approximate surface area is 94.7 Å². The number of terminal acetylenes is 1. The number of anilines is 1. The van der Waals surface area contributed by atoms with Crippen LogP contribution >= 0.6 is 0 Å². The third-order valence-electron chi connectivity index (χ3n) is 2.18. The monoisotopic (exact) mass is 218 g/mol. The molecule has 1 aromatic heterocycles. The fourth-order valence-electron chi connectivity index (χ4n) is 1.24. The number of nitrogens with zero attached hydrogens (tertiary/aromatic N) is 1. The molecule has 1 rings (SSSR count). The zero-order valence-electron chi connectivity index (χ0n) is 9.27. The van der Waals surface area contributed by atoms with E-state index in [-0.39, 0.29) is 17.5 Å². The molecule has 0 amide bonds. The van der Waals surface area contributed by atoms with Crippen molar-refractivity contribution in [2.24, 2.45) is 5.92 Å². The van der Waals surface area contributed by atoms with E-state index in [1.807, 2.05) is 13.8 Å². The molecule has 0 aliphatic rings. The zero-order valence-corrected chi connectivity index (χ0v) is 9.27. The predicted octanol–water partition coefficient (Wildman–Crippen LogP) is 1.85. The summed E-state index contributed by atoms with van der Waals surface area (Å²) in [4.78, 5) is 14.9. The van der Waals surface area contributed by atoms with Gasteiger partial charge in [0.1, 0.15) is 11.4 Å². The smallest absolute Gasteiger partial charge is 0.339 e. The lowest BCUT2D eigenvalue weighted by atomic mass is 10.1. The summed E-state index contributed by atoms with van der Waals surface area (Å²) < 4.78 is 0. The molecular formula is C12H14N2O2. The lowest BCUT2D eigenvalue weighted by Crippen LogP contribution is -2.25. The van der Waals surface area contributed by atoms with Crippen LogP contribution in [0.1, 0.15) is 24.2 Å². The quantitative estimate of drug-likeness (QED) is 0.757. The van der Waals surface area contributed by atoms with Crippen LogP contribution in [0, 0.1) is 18.3 Å². The predicted molar refractivity (Wildman–Crippen MR) is 62.3 cm³/mol. The first kappa shape index (κ1) is 12.1. The van der Waals surface area contributed by atoms with Crippen LogP contribution in [0.4, 0.5) is 5.82 Å². The molecule has 0 bridgehead atoms. The molecule has 16 heavy (non-hydrogen) atoms. The van der Waals surface area contributed by atoms with Gasteiger partial charge in [0.05, 0.1) is 6.04 Å². The number of hydrogen-bond acceptors (Lipinski definition) is 3. The second-order valence-electron chi connectivity index (χ2n) is 3.74. The number of carboxylic acids is 1. The van der Waals surface area contributed by atoms with E-state index < -0.39 is 5.97 Å². The molecule has 84 valence electrons. The van der Waals surface area contributed by atoms with Crippen molar-refractivity contribution in [1.82, 2.24) is 4.98 Å². The summed E-state index contributed by atoms with van der Waals surface area (Å²) in [5, 5.41) is 11.9. The van der Waals surface area contributed by atoms with Gasteiger partial charge in [0.2, 0.25) is 0 Å². The molecule has 0 spiro atoms. The normalized spacial score (nSPS) is 11.9. The lowest BCUT2D eigenvalue weighted by Gasteiger charge is -2.18. The molecule has 0 aliphatic carbocycles. The number of carbonyl (C=O) groups is 1. The van der Waals surface area contributed by atoms with Gasteiger partial charge in [0.15, 0.2) is 0 Å². The molecule has 1 aromatic rings. The van der Waals surface area contributed by atoms with Crippen molar-refractivity contribution < 1.29 is 9.90 Å². The standard InChI is InChI=1S/C12H14N2O2/c1-4-10(8(2)3)14-11-9(12(15)16)6-5-7-13-11/h1,5-8,10H,2-3H3,(H,13,14)(H,15,16). The number of pyridine rings is 1. The topological polar surface area (TPSA) is 62.2 Å². The van der Waals surface area contributed by atoms with Crippen LogP contribution in [0.3, 0.4) is 0 Å². The Morgan fingerprint density at radius 3 is 2.81 bits per heavy atom. The van der Waals surface area contributed by atoms with Crippen LogP contribution in [0.15, 0.2) is 18.3 Å². The van der Waals surface area contributed by atoms with Gasteiger partial charge in [-0.3, -0.25) is 0 Å². The Morgan fingerprint density at radius 2 is 2.31 bits per heavy atom. The molecule has 0 saturated heterocycles. The maximum Gasteiger partial charge on any atom is 0.339 e. The Morgan fingerprint density at radius 1 is 1.62 bits per heavy atom. The minimum Gasteiger partial charge on any atom is -0.478 e. The first-order valence-electron chi connectivity index (χ1n) is 4.97. The summed E-state index contributed by atoms with van der Waals surface area (Å²) in [5.74, 6) is 2.07.